The second kappa shape index (κ2) is 8.36. The van der Waals surface area contributed by atoms with E-state index >= 15 is 0 Å². The van der Waals surface area contributed by atoms with Crippen LogP contribution in [0.4, 0.5) is 5.69 Å². The lowest BCUT2D eigenvalue weighted by Crippen LogP contribution is -2.28. The molecule has 1 amide bonds. The number of nitrogens with one attached hydrogen (secondary N) is 1. The van der Waals surface area contributed by atoms with E-state index in [1.165, 1.54) is 4.68 Å². The average molecular weight is 411 g/mol. The summed E-state index contributed by atoms with van der Waals surface area (Å²) in [5.74, 6) is -0.580. The molecule has 0 fully saturated rings. The molecule has 6 nitrogen and oxygen atoms in total. The SMILES string of the molecule is CC(C)n1nc(C(=O)Nc2cccc(C(=O)c3ccccc3)c2)c2ccccc2c1=O. The summed E-state index contributed by atoms with van der Waals surface area (Å²) in [7, 11) is 0. The highest BCUT2D eigenvalue weighted by molar-refractivity contribution is 6.12. The largest absolute Gasteiger partial charge is 0.321 e. The van der Waals surface area contributed by atoms with Gasteiger partial charge in [-0.05, 0) is 32.0 Å². The summed E-state index contributed by atoms with van der Waals surface area (Å²) in [4.78, 5) is 38.5. The zero-order chi connectivity index (χ0) is 22.0. The van der Waals surface area contributed by atoms with Gasteiger partial charge in [0.05, 0.1) is 11.4 Å². The Kier molecular flexibility index (Phi) is 5.45. The van der Waals surface area contributed by atoms with Crippen molar-refractivity contribution in [2.75, 3.05) is 5.32 Å². The first-order chi connectivity index (χ1) is 15.0. The van der Waals surface area contributed by atoms with Crippen LogP contribution in [0, 0.1) is 0 Å². The van der Waals surface area contributed by atoms with Gasteiger partial charge in [0.15, 0.2) is 11.5 Å². The standard InChI is InChI=1S/C25H21N3O3/c1-16(2)28-25(31)21-14-7-6-13-20(21)22(27-28)24(30)26-19-12-8-11-18(15-19)23(29)17-9-4-3-5-10-17/h3-16H,1-2H3,(H,26,30). The van der Waals surface area contributed by atoms with Crippen molar-refractivity contribution < 1.29 is 9.59 Å². The monoisotopic (exact) mass is 411 g/mol. The molecule has 0 aliphatic rings. The third-order valence-corrected chi connectivity index (χ3v) is 4.95. The van der Waals surface area contributed by atoms with Gasteiger partial charge in [0.1, 0.15) is 0 Å². The molecule has 0 unspecified atom stereocenters. The highest BCUT2D eigenvalue weighted by Crippen LogP contribution is 2.19. The molecule has 154 valence electrons. The van der Waals surface area contributed by atoms with Gasteiger partial charge >= 0.3 is 0 Å². The van der Waals surface area contributed by atoms with Crippen LogP contribution >= 0.6 is 0 Å². The minimum Gasteiger partial charge on any atom is -0.321 e. The number of fused-ring (bicyclic) bond motifs is 1. The Balaban J connectivity index is 1.70. The van der Waals surface area contributed by atoms with Gasteiger partial charge in [0.2, 0.25) is 0 Å². The van der Waals surface area contributed by atoms with E-state index in [1.54, 1.807) is 72.8 Å². The summed E-state index contributed by atoms with van der Waals surface area (Å²) in [6.07, 6.45) is 0. The van der Waals surface area contributed by atoms with Gasteiger partial charge in [-0.2, -0.15) is 5.10 Å². The topological polar surface area (TPSA) is 81.1 Å². The van der Waals surface area contributed by atoms with Crippen molar-refractivity contribution >= 4 is 28.2 Å². The van der Waals surface area contributed by atoms with E-state index < -0.39 is 5.91 Å². The van der Waals surface area contributed by atoms with E-state index in [4.69, 9.17) is 0 Å². The van der Waals surface area contributed by atoms with Crippen LogP contribution in [0.15, 0.2) is 83.7 Å². The summed E-state index contributed by atoms with van der Waals surface area (Å²) >= 11 is 0. The van der Waals surface area contributed by atoms with Crippen molar-refractivity contribution in [1.82, 2.24) is 9.78 Å². The highest BCUT2D eigenvalue weighted by atomic mass is 16.2. The molecule has 1 heterocycles. The van der Waals surface area contributed by atoms with Crippen molar-refractivity contribution in [3.8, 4) is 0 Å². The van der Waals surface area contributed by atoms with Gasteiger partial charge in [-0.3, -0.25) is 14.4 Å². The molecule has 1 N–H and O–H groups in total. The van der Waals surface area contributed by atoms with Crippen LogP contribution < -0.4 is 10.9 Å². The maximum absolute atomic E-state index is 13.1. The minimum absolute atomic E-state index is 0.131. The van der Waals surface area contributed by atoms with Crippen LogP contribution in [-0.4, -0.2) is 21.5 Å². The number of anilines is 1. The van der Waals surface area contributed by atoms with E-state index in [9.17, 15) is 14.4 Å². The summed E-state index contributed by atoms with van der Waals surface area (Å²) < 4.78 is 1.31. The lowest BCUT2D eigenvalue weighted by Gasteiger charge is -2.13. The predicted molar refractivity (Wildman–Crippen MR) is 121 cm³/mol. The summed E-state index contributed by atoms with van der Waals surface area (Å²) in [5.41, 5.74) is 1.43. The van der Waals surface area contributed by atoms with Crippen molar-refractivity contribution in [1.29, 1.82) is 0 Å². The lowest BCUT2D eigenvalue weighted by molar-refractivity contribution is 0.101. The normalized spacial score (nSPS) is 10.9. The Bertz CT molecular complexity index is 1340. The molecular weight excluding hydrogens is 390 g/mol. The van der Waals surface area contributed by atoms with Crippen LogP contribution in [0.2, 0.25) is 0 Å². The van der Waals surface area contributed by atoms with E-state index in [0.717, 1.165) is 0 Å². The highest BCUT2D eigenvalue weighted by Gasteiger charge is 2.18. The number of carbonyl (C=O) groups is 2. The van der Waals surface area contributed by atoms with E-state index in [-0.39, 0.29) is 23.1 Å². The van der Waals surface area contributed by atoms with Gasteiger partial charge in [0, 0.05) is 22.2 Å². The Morgan fingerprint density at radius 1 is 0.839 bits per heavy atom. The first kappa shape index (κ1) is 20.2. The van der Waals surface area contributed by atoms with Gasteiger partial charge in [-0.1, -0.05) is 60.7 Å². The van der Waals surface area contributed by atoms with Crippen LogP contribution in [-0.2, 0) is 0 Å². The van der Waals surface area contributed by atoms with Crippen LogP contribution in [0.25, 0.3) is 10.8 Å². The molecule has 0 spiro atoms. The molecule has 0 aliphatic heterocycles. The van der Waals surface area contributed by atoms with Gasteiger partial charge in [0.25, 0.3) is 11.5 Å². The maximum atomic E-state index is 13.1. The molecule has 0 saturated carbocycles. The zero-order valence-corrected chi connectivity index (χ0v) is 17.2. The Morgan fingerprint density at radius 3 is 2.19 bits per heavy atom. The molecule has 0 bridgehead atoms. The number of nitrogens with zero attached hydrogens (tertiary/aromatic N) is 2. The number of rotatable bonds is 5. The molecule has 31 heavy (non-hydrogen) atoms. The fourth-order valence-electron chi connectivity index (χ4n) is 3.41. The maximum Gasteiger partial charge on any atom is 0.276 e. The van der Waals surface area contributed by atoms with Crippen LogP contribution in [0.5, 0.6) is 0 Å². The van der Waals surface area contributed by atoms with Crippen molar-refractivity contribution in [3.63, 3.8) is 0 Å². The van der Waals surface area contributed by atoms with Crippen LogP contribution in [0.1, 0.15) is 46.3 Å². The van der Waals surface area contributed by atoms with Crippen molar-refractivity contribution in [2.45, 2.75) is 19.9 Å². The fraction of sp³-hybridized carbons (Fsp3) is 0.120. The molecule has 0 radical (unpaired) electrons. The lowest BCUT2D eigenvalue weighted by atomic mass is 10.0. The molecule has 4 rings (SSSR count). The Morgan fingerprint density at radius 2 is 1.48 bits per heavy atom. The Labute approximate surface area is 179 Å². The summed E-state index contributed by atoms with van der Waals surface area (Å²) in [6, 6.07) is 22.4. The van der Waals surface area contributed by atoms with Crippen molar-refractivity contribution in [2.24, 2.45) is 0 Å². The third-order valence-electron chi connectivity index (χ3n) is 4.95. The first-order valence-corrected chi connectivity index (χ1v) is 9.98. The number of hydrogen-bond acceptors (Lipinski definition) is 4. The molecule has 4 aromatic rings. The van der Waals surface area contributed by atoms with Gasteiger partial charge in [-0.15, -0.1) is 0 Å². The van der Waals surface area contributed by atoms with Gasteiger partial charge in [-0.25, -0.2) is 4.68 Å². The quantitative estimate of drug-likeness (QED) is 0.492. The fourth-order valence-corrected chi connectivity index (χ4v) is 3.41. The van der Waals surface area contributed by atoms with E-state index in [0.29, 0.717) is 27.6 Å². The number of carbonyl (C=O) groups excluding carboxylic acids is 2. The molecule has 6 heteroatoms. The Hall–Kier alpha value is -4.06. The number of amides is 1. The average Bonchev–Trinajstić information content (AvgIpc) is 2.79. The smallest absolute Gasteiger partial charge is 0.276 e. The molecule has 0 aliphatic carbocycles. The van der Waals surface area contributed by atoms with Crippen molar-refractivity contribution in [3.05, 3.63) is 106 Å². The van der Waals surface area contributed by atoms with E-state index in [2.05, 4.69) is 10.4 Å². The second-order valence-electron chi connectivity index (χ2n) is 7.47. The zero-order valence-electron chi connectivity index (χ0n) is 17.2. The molecular formula is C25H21N3O3. The number of aromatic nitrogens is 2. The molecule has 0 saturated heterocycles. The molecule has 0 atom stereocenters. The van der Waals surface area contributed by atoms with E-state index in [1.807, 2.05) is 19.9 Å². The second-order valence-corrected chi connectivity index (χ2v) is 7.47. The first-order valence-electron chi connectivity index (χ1n) is 9.98. The molecule has 3 aromatic carbocycles. The number of benzene rings is 3. The third kappa shape index (κ3) is 4.00. The summed E-state index contributed by atoms with van der Waals surface area (Å²) in [6.45, 7) is 3.67. The summed E-state index contributed by atoms with van der Waals surface area (Å²) in [5, 5.41) is 8.06. The predicted octanol–water partition coefficient (Wildman–Crippen LogP) is 4.46. The van der Waals surface area contributed by atoms with Crippen LogP contribution in [0.3, 0.4) is 0 Å². The van der Waals surface area contributed by atoms with Gasteiger partial charge < -0.3 is 5.32 Å². The number of ketones is 1. The minimum atomic E-state index is -0.449. The molecule has 1 aromatic heterocycles. The number of hydrogen-bond donors (Lipinski definition) is 1.